The molecule has 376 valence electrons. The normalized spacial score (nSPS) is 12.8. The maximum absolute atomic E-state index is 12.4. The van der Waals surface area contributed by atoms with Crippen LogP contribution in [0.5, 0.6) is 0 Å². The first-order chi connectivity index (χ1) is 31.2. The van der Waals surface area contributed by atoms with Crippen LogP contribution in [0.15, 0.2) is 12.2 Å². The van der Waals surface area contributed by atoms with Crippen LogP contribution < -0.4 is 5.32 Å². The van der Waals surface area contributed by atoms with Gasteiger partial charge in [-0.05, 0) is 38.5 Å². The van der Waals surface area contributed by atoms with Gasteiger partial charge in [0.05, 0.1) is 18.8 Å². The molecule has 63 heavy (non-hydrogen) atoms. The highest BCUT2D eigenvalue weighted by Crippen LogP contribution is 2.18. The van der Waals surface area contributed by atoms with E-state index in [2.05, 4.69) is 31.3 Å². The first-order valence-electron chi connectivity index (χ1n) is 29.4. The van der Waals surface area contributed by atoms with Gasteiger partial charge in [-0.1, -0.05) is 309 Å². The summed E-state index contributed by atoms with van der Waals surface area (Å²) in [5.74, 6) is -0.0259. The maximum atomic E-state index is 12.4. The second-order valence-electron chi connectivity index (χ2n) is 20.4. The average molecular weight is 889 g/mol. The van der Waals surface area contributed by atoms with Crippen LogP contribution in [-0.2, 0) is 4.79 Å². The molecule has 3 N–H and O–H groups in total. The molecule has 0 saturated heterocycles. The van der Waals surface area contributed by atoms with E-state index in [4.69, 9.17) is 0 Å². The van der Waals surface area contributed by atoms with Gasteiger partial charge in [0.1, 0.15) is 0 Å². The summed E-state index contributed by atoms with van der Waals surface area (Å²) in [5.41, 5.74) is 0. The number of carbonyl (C=O) groups is 1. The topological polar surface area (TPSA) is 69.6 Å². The summed E-state index contributed by atoms with van der Waals surface area (Å²) in [5, 5.41) is 23.2. The second-order valence-corrected chi connectivity index (χ2v) is 20.4. The van der Waals surface area contributed by atoms with Crippen molar-refractivity contribution in [2.75, 3.05) is 6.61 Å². The quantitative estimate of drug-likeness (QED) is 0.0421. The van der Waals surface area contributed by atoms with Crippen LogP contribution in [-0.4, -0.2) is 34.9 Å². The molecule has 0 aliphatic heterocycles. The highest BCUT2D eigenvalue weighted by atomic mass is 16.3. The molecule has 4 heteroatoms. The van der Waals surface area contributed by atoms with Gasteiger partial charge in [-0.3, -0.25) is 4.79 Å². The summed E-state index contributed by atoms with van der Waals surface area (Å²) in [6.45, 7) is 4.37. The summed E-state index contributed by atoms with van der Waals surface area (Å²) < 4.78 is 0. The molecular weight excluding hydrogens is 771 g/mol. The highest BCUT2D eigenvalue weighted by Gasteiger charge is 2.20. The highest BCUT2D eigenvalue weighted by molar-refractivity contribution is 5.76. The molecule has 0 heterocycles. The molecule has 0 aromatic carbocycles. The van der Waals surface area contributed by atoms with Gasteiger partial charge in [0.15, 0.2) is 0 Å². The molecule has 4 nitrogen and oxygen atoms in total. The maximum Gasteiger partial charge on any atom is 0.220 e. The molecule has 2 unspecified atom stereocenters. The summed E-state index contributed by atoms with van der Waals surface area (Å²) in [6, 6.07) is -0.530. The minimum Gasteiger partial charge on any atom is -0.394 e. The van der Waals surface area contributed by atoms with Gasteiger partial charge in [0.2, 0.25) is 5.91 Å². The molecule has 0 aromatic rings. The molecule has 0 saturated carbocycles. The molecule has 1 amide bonds. The minimum atomic E-state index is -0.653. The zero-order valence-electron chi connectivity index (χ0n) is 43.4. The van der Waals surface area contributed by atoms with Crippen molar-refractivity contribution in [2.45, 2.75) is 353 Å². The Bertz CT molecular complexity index is 875. The van der Waals surface area contributed by atoms with E-state index in [9.17, 15) is 15.0 Å². The van der Waals surface area contributed by atoms with Gasteiger partial charge in [-0.15, -0.1) is 0 Å². The Labute approximate surface area is 397 Å². The Balaban J connectivity index is 3.29. The average Bonchev–Trinajstić information content (AvgIpc) is 3.29. The van der Waals surface area contributed by atoms with Gasteiger partial charge >= 0.3 is 0 Å². The third-order valence-corrected chi connectivity index (χ3v) is 14.0. The number of allylic oxidation sites excluding steroid dienone is 2. The molecule has 0 radical (unpaired) electrons. The first kappa shape index (κ1) is 62.1. The van der Waals surface area contributed by atoms with E-state index in [1.807, 2.05) is 0 Å². The molecule has 0 fully saturated rings. The van der Waals surface area contributed by atoms with Crippen molar-refractivity contribution in [2.24, 2.45) is 0 Å². The number of unbranched alkanes of at least 4 members (excludes halogenated alkanes) is 46. The Hall–Kier alpha value is -0.870. The molecule has 0 bridgehead atoms. The van der Waals surface area contributed by atoms with Crippen LogP contribution in [0.3, 0.4) is 0 Å². The Morgan fingerprint density at radius 2 is 0.603 bits per heavy atom. The molecule has 0 aliphatic rings. The molecule has 0 aromatic heterocycles. The summed E-state index contributed by atoms with van der Waals surface area (Å²) >= 11 is 0. The largest absolute Gasteiger partial charge is 0.394 e. The lowest BCUT2D eigenvalue weighted by Gasteiger charge is -2.22. The van der Waals surface area contributed by atoms with Crippen molar-refractivity contribution in [1.82, 2.24) is 5.32 Å². The predicted molar refractivity (Wildman–Crippen MR) is 281 cm³/mol. The summed E-state index contributed by atoms with van der Waals surface area (Å²) in [6.07, 6.45) is 72.4. The number of hydrogen-bond acceptors (Lipinski definition) is 3. The molecular formula is C59H117NO3. The SMILES string of the molecule is CCCCCCCCCC/C=C\CCCCCCCCCCCCCCCCCCCCCCCCCCCCCCCC(=O)NC(CO)C(O)CCCCCCCCCCCC. The van der Waals surface area contributed by atoms with Crippen molar-refractivity contribution in [3.05, 3.63) is 12.2 Å². The summed E-state index contributed by atoms with van der Waals surface area (Å²) in [4.78, 5) is 12.4. The number of amides is 1. The van der Waals surface area contributed by atoms with E-state index >= 15 is 0 Å². The Kier molecular flexibility index (Phi) is 54.7. The third-order valence-electron chi connectivity index (χ3n) is 14.0. The fraction of sp³-hybridized carbons (Fsp3) is 0.949. The van der Waals surface area contributed by atoms with Crippen LogP contribution in [0.4, 0.5) is 0 Å². The van der Waals surface area contributed by atoms with E-state index < -0.39 is 12.1 Å². The monoisotopic (exact) mass is 888 g/mol. The lowest BCUT2D eigenvalue weighted by atomic mass is 10.0. The van der Waals surface area contributed by atoms with E-state index in [-0.39, 0.29) is 12.5 Å². The lowest BCUT2D eigenvalue weighted by Crippen LogP contribution is -2.45. The number of carbonyl (C=O) groups excluding carboxylic acids is 1. The Morgan fingerprint density at radius 1 is 0.365 bits per heavy atom. The number of nitrogens with one attached hydrogen (secondary N) is 1. The smallest absolute Gasteiger partial charge is 0.220 e. The molecule has 2 atom stereocenters. The van der Waals surface area contributed by atoms with Crippen LogP contribution in [0, 0.1) is 0 Å². The van der Waals surface area contributed by atoms with Gasteiger partial charge in [-0.25, -0.2) is 0 Å². The van der Waals surface area contributed by atoms with E-state index in [0.717, 1.165) is 25.7 Å². The summed E-state index contributed by atoms with van der Waals surface area (Å²) in [7, 11) is 0. The molecule has 0 rings (SSSR count). The first-order valence-corrected chi connectivity index (χ1v) is 29.4. The van der Waals surface area contributed by atoms with Gasteiger partial charge in [0.25, 0.3) is 0 Å². The number of aliphatic hydroxyl groups excluding tert-OH is 2. The molecule has 0 aliphatic carbocycles. The van der Waals surface area contributed by atoms with Crippen molar-refractivity contribution in [3.63, 3.8) is 0 Å². The zero-order valence-corrected chi connectivity index (χ0v) is 43.4. The second kappa shape index (κ2) is 55.5. The van der Waals surface area contributed by atoms with Gasteiger partial charge < -0.3 is 15.5 Å². The zero-order chi connectivity index (χ0) is 45.6. The predicted octanol–water partition coefficient (Wildman–Crippen LogP) is 19.3. The Morgan fingerprint density at radius 3 is 0.873 bits per heavy atom. The van der Waals surface area contributed by atoms with Crippen LogP contribution in [0.2, 0.25) is 0 Å². The third kappa shape index (κ3) is 52.0. The lowest BCUT2D eigenvalue weighted by molar-refractivity contribution is -0.123. The van der Waals surface area contributed by atoms with E-state index in [1.54, 1.807) is 0 Å². The minimum absolute atomic E-state index is 0.0259. The molecule has 0 spiro atoms. The van der Waals surface area contributed by atoms with Crippen molar-refractivity contribution in [3.8, 4) is 0 Å². The van der Waals surface area contributed by atoms with Crippen LogP contribution in [0.25, 0.3) is 0 Å². The van der Waals surface area contributed by atoms with Crippen molar-refractivity contribution < 1.29 is 15.0 Å². The fourth-order valence-electron chi connectivity index (χ4n) is 9.54. The number of aliphatic hydroxyl groups is 2. The van der Waals surface area contributed by atoms with Crippen LogP contribution in [0.1, 0.15) is 341 Å². The standard InChI is InChI=1S/C59H117NO3/c1-3-5-7-9-11-13-15-16-17-18-19-20-21-22-23-24-25-26-27-28-29-30-31-32-33-34-35-36-37-38-39-40-41-42-43-44-45-47-49-51-53-55-59(63)60-57(56-61)58(62)54-52-50-48-46-14-12-10-8-6-4-2/h18-19,57-58,61-62H,3-17,20-56H2,1-2H3,(H,60,63)/b19-18-. The fourth-order valence-corrected chi connectivity index (χ4v) is 9.54. The van der Waals surface area contributed by atoms with E-state index in [0.29, 0.717) is 12.8 Å². The van der Waals surface area contributed by atoms with Gasteiger partial charge in [0, 0.05) is 6.42 Å². The van der Waals surface area contributed by atoms with Crippen molar-refractivity contribution in [1.29, 1.82) is 0 Å². The van der Waals surface area contributed by atoms with Crippen molar-refractivity contribution >= 4 is 5.91 Å². The number of hydrogen-bond donors (Lipinski definition) is 3. The number of rotatable bonds is 55. The van der Waals surface area contributed by atoms with Gasteiger partial charge in [-0.2, -0.15) is 0 Å². The van der Waals surface area contributed by atoms with E-state index in [1.165, 1.54) is 289 Å². The van der Waals surface area contributed by atoms with Crippen LogP contribution >= 0.6 is 0 Å².